The summed E-state index contributed by atoms with van der Waals surface area (Å²) in [5.74, 6) is 3.49. The van der Waals surface area contributed by atoms with Gasteiger partial charge in [-0.2, -0.15) is 0 Å². The van der Waals surface area contributed by atoms with Crippen molar-refractivity contribution in [2.24, 2.45) is 4.99 Å². The molecule has 0 radical (unpaired) electrons. The minimum Gasteiger partial charge on any atom is -0.497 e. The predicted octanol–water partition coefficient (Wildman–Crippen LogP) is 6.55. The van der Waals surface area contributed by atoms with E-state index in [1.54, 1.807) is 26.0 Å². The van der Waals surface area contributed by atoms with E-state index in [1.807, 2.05) is 55.5 Å². The first kappa shape index (κ1) is 24.5. The summed E-state index contributed by atoms with van der Waals surface area (Å²) in [5, 5.41) is 0.980. The number of aliphatic imine (C=N–C) groups is 1. The maximum atomic E-state index is 5.57. The molecule has 0 bridgehead atoms. The SMILES string of the molecule is CCOc1ccc(N=C(SCC)N(Cc2ccc(OC)cc2)Cc2ccc(OC)cc2)cc1. The van der Waals surface area contributed by atoms with Gasteiger partial charge in [0.05, 0.1) is 26.5 Å². The molecule has 3 rings (SSSR count). The van der Waals surface area contributed by atoms with E-state index in [2.05, 4.69) is 36.1 Å². The van der Waals surface area contributed by atoms with Crippen LogP contribution >= 0.6 is 11.8 Å². The van der Waals surface area contributed by atoms with E-state index in [-0.39, 0.29) is 0 Å². The lowest BCUT2D eigenvalue weighted by atomic mass is 10.1. The van der Waals surface area contributed by atoms with Gasteiger partial charge >= 0.3 is 0 Å². The second kappa shape index (κ2) is 12.8. The monoisotopic (exact) mass is 464 g/mol. The molecule has 33 heavy (non-hydrogen) atoms. The molecule has 0 saturated heterocycles. The van der Waals surface area contributed by atoms with Crippen LogP contribution in [0.15, 0.2) is 77.8 Å². The molecule has 3 aromatic rings. The van der Waals surface area contributed by atoms with Crippen molar-refractivity contribution >= 4 is 22.6 Å². The number of ether oxygens (including phenoxy) is 3. The van der Waals surface area contributed by atoms with E-state index in [0.29, 0.717) is 6.61 Å². The average molecular weight is 465 g/mol. The molecule has 0 unspecified atom stereocenters. The summed E-state index contributed by atoms with van der Waals surface area (Å²) in [6.07, 6.45) is 0. The number of benzene rings is 3. The molecule has 0 heterocycles. The molecule has 0 amide bonds. The van der Waals surface area contributed by atoms with Crippen molar-refractivity contribution in [2.45, 2.75) is 26.9 Å². The second-order valence-electron chi connectivity index (χ2n) is 7.31. The smallest absolute Gasteiger partial charge is 0.164 e. The maximum Gasteiger partial charge on any atom is 0.164 e. The molecule has 0 N–H and O–H groups in total. The zero-order valence-corrected chi connectivity index (χ0v) is 20.6. The van der Waals surface area contributed by atoms with Crippen molar-refractivity contribution in [3.05, 3.63) is 83.9 Å². The minimum absolute atomic E-state index is 0.650. The third-order valence-electron chi connectivity index (χ3n) is 4.98. The number of hydrogen-bond donors (Lipinski definition) is 0. The molecule has 0 spiro atoms. The fourth-order valence-corrected chi connectivity index (χ4v) is 4.05. The predicted molar refractivity (Wildman–Crippen MR) is 138 cm³/mol. The Morgan fingerprint density at radius 1 is 0.727 bits per heavy atom. The number of methoxy groups -OCH3 is 2. The lowest BCUT2D eigenvalue weighted by molar-refractivity contribution is 0.340. The molecule has 0 aromatic heterocycles. The van der Waals surface area contributed by atoms with Gasteiger partial charge in [-0.15, -0.1) is 0 Å². The van der Waals surface area contributed by atoms with Crippen molar-refractivity contribution in [1.29, 1.82) is 0 Å². The first-order valence-electron chi connectivity index (χ1n) is 11.1. The van der Waals surface area contributed by atoms with Crippen LogP contribution < -0.4 is 14.2 Å². The van der Waals surface area contributed by atoms with Crippen LogP contribution in [0.1, 0.15) is 25.0 Å². The van der Waals surface area contributed by atoms with Crippen LogP contribution in [0.25, 0.3) is 0 Å². The normalized spacial score (nSPS) is 11.2. The van der Waals surface area contributed by atoms with Crippen molar-refractivity contribution in [3.8, 4) is 17.2 Å². The number of thioether (sulfide) groups is 1. The molecule has 0 aliphatic rings. The van der Waals surface area contributed by atoms with Gasteiger partial charge in [0, 0.05) is 13.1 Å². The van der Waals surface area contributed by atoms with Gasteiger partial charge < -0.3 is 19.1 Å². The Kier molecular flexibility index (Phi) is 9.51. The van der Waals surface area contributed by atoms with E-state index in [1.165, 1.54) is 11.1 Å². The first-order valence-corrected chi connectivity index (χ1v) is 12.1. The largest absolute Gasteiger partial charge is 0.497 e. The molecule has 0 aliphatic heterocycles. The van der Waals surface area contributed by atoms with Crippen LogP contribution in [0.4, 0.5) is 5.69 Å². The summed E-state index contributed by atoms with van der Waals surface area (Å²) >= 11 is 1.74. The summed E-state index contributed by atoms with van der Waals surface area (Å²) in [6.45, 7) is 6.25. The van der Waals surface area contributed by atoms with Gasteiger partial charge in [0.15, 0.2) is 5.17 Å². The standard InChI is InChI=1S/C27H32N2O3S/c1-5-32-26-17-11-23(12-18-26)28-27(33-6-2)29(19-21-7-13-24(30-3)14-8-21)20-22-9-15-25(31-4)16-10-22/h7-18H,5-6,19-20H2,1-4H3. The Balaban J connectivity index is 1.91. The van der Waals surface area contributed by atoms with Gasteiger partial charge in [-0.05, 0) is 72.3 Å². The molecular weight excluding hydrogens is 432 g/mol. The highest BCUT2D eigenvalue weighted by Crippen LogP contribution is 2.24. The Bertz CT molecular complexity index is 954. The summed E-state index contributed by atoms with van der Waals surface area (Å²) in [5.41, 5.74) is 3.30. The number of hydrogen-bond acceptors (Lipinski definition) is 5. The second-order valence-corrected chi connectivity index (χ2v) is 8.54. The maximum absolute atomic E-state index is 5.57. The van der Waals surface area contributed by atoms with Gasteiger partial charge in [-0.1, -0.05) is 43.0 Å². The molecule has 0 aliphatic carbocycles. The van der Waals surface area contributed by atoms with E-state index in [9.17, 15) is 0 Å². The van der Waals surface area contributed by atoms with E-state index < -0.39 is 0 Å². The average Bonchev–Trinajstić information content (AvgIpc) is 2.85. The molecule has 6 heteroatoms. The topological polar surface area (TPSA) is 43.3 Å². The molecular formula is C27H32N2O3S. The third-order valence-corrected chi connectivity index (χ3v) is 5.88. The van der Waals surface area contributed by atoms with E-state index >= 15 is 0 Å². The van der Waals surface area contributed by atoms with Crippen LogP contribution in [-0.2, 0) is 13.1 Å². The molecule has 3 aromatic carbocycles. The Morgan fingerprint density at radius 3 is 1.64 bits per heavy atom. The summed E-state index contributed by atoms with van der Waals surface area (Å²) in [4.78, 5) is 7.32. The molecule has 0 atom stereocenters. The number of rotatable bonds is 10. The lowest BCUT2D eigenvalue weighted by Crippen LogP contribution is -2.28. The Labute approximate surface area is 201 Å². The fourth-order valence-electron chi connectivity index (χ4n) is 3.31. The lowest BCUT2D eigenvalue weighted by Gasteiger charge is -2.26. The highest BCUT2D eigenvalue weighted by atomic mass is 32.2. The van der Waals surface area contributed by atoms with Crippen molar-refractivity contribution < 1.29 is 14.2 Å². The van der Waals surface area contributed by atoms with Gasteiger partial charge in [-0.3, -0.25) is 0 Å². The van der Waals surface area contributed by atoms with Crippen molar-refractivity contribution in [3.63, 3.8) is 0 Å². The zero-order chi connectivity index (χ0) is 23.5. The number of nitrogens with zero attached hydrogens (tertiary/aromatic N) is 2. The van der Waals surface area contributed by atoms with Gasteiger partial charge in [0.25, 0.3) is 0 Å². The third kappa shape index (κ3) is 7.46. The molecule has 0 fully saturated rings. The van der Waals surface area contributed by atoms with Gasteiger partial charge in [0.2, 0.25) is 0 Å². The number of amidine groups is 1. The quantitative estimate of drug-likeness (QED) is 0.252. The van der Waals surface area contributed by atoms with E-state index in [4.69, 9.17) is 19.2 Å². The first-order chi connectivity index (χ1) is 16.1. The van der Waals surface area contributed by atoms with Crippen LogP contribution in [0, 0.1) is 0 Å². The zero-order valence-electron chi connectivity index (χ0n) is 19.8. The van der Waals surface area contributed by atoms with Crippen molar-refractivity contribution in [1.82, 2.24) is 4.90 Å². The Morgan fingerprint density at radius 2 is 1.21 bits per heavy atom. The molecule has 5 nitrogen and oxygen atoms in total. The minimum atomic E-state index is 0.650. The van der Waals surface area contributed by atoms with E-state index in [0.717, 1.165) is 46.9 Å². The Hall–Kier alpha value is -3.12. The molecule has 0 saturated carbocycles. The van der Waals surface area contributed by atoms with Crippen LogP contribution in [0.2, 0.25) is 0 Å². The van der Waals surface area contributed by atoms with Gasteiger partial charge in [0.1, 0.15) is 17.2 Å². The van der Waals surface area contributed by atoms with Crippen LogP contribution in [-0.4, -0.2) is 36.6 Å². The summed E-state index contributed by atoms with van der Waals surface area (Å²) < 4.78 is 16.2. The fraction of sp³-hybridized carbons (Fsp3) is 0.296. The summed E-state index contributed by atoms with van der Waals surface area (Å²) in [6, 6.07) is 24.3. The van der Waals surface area contributed by atoms with Crippen molar-refractivity contribution in [2.75, 3.05) is 26.6 Å². The highest BCUT2D eigenvalue weighted by Gasteiger charge is 2.14. The van der Waals surface area contributed by atoms with Crippen LogP contribution in [0.5, 0.6) is 17.2 Å². The molecule has 174 valence electrons. The highest BCUT2D eigenvalue weighted by molar-refractivity contribution is 8.13. The van der Waals surface area contributed by atoms with Crippen LogP contribution in [0.3, 0.4) is 0 Å². The summed E-state index contributed by atoms with van der Waals surface area (Å²) in [7, 11) is 3.37. The van der Waals surface area contributed by atoms with Gasteiger partial charge in [-0.25, -0.2) is 4.99 Å².